The lowest BCUT2D eigenvalue weighted by Gasteiger charge is -2.33. The molecule has 1 unspecified atom stereocenters. The van der Waals surface area contributed by atoms with Crippen LogP contribution in [0.2, 0.25) is 0 Å². The third-order valence-electron chi connectivity index (χ3n) is 6.11. The van der Waals surface area contributed by atoms with Gasteiger partial charge in [0.2, 0.25) is 11.7 Å². The molecular weight excluding hydrogens is 402 g/mol. The number of amides is 1. The van der Waals surface area contributed by atoms with Crippen LogP contribution >= 0.6 is 0 Å². The number of benzene rings is 2. The highest BCUT2D eigenvalue weighted by atomic mass is 16.5. The van der Waals surface area contributed by atoms with Crippen LogP contribution in [0, 0.1) is 0 Å². The third kappa shape index (κ3) is 5.01. The van der Waals surface area contributed by atoms with Gasteiger partial charge < -0.3 is 14.2 Å². The maximum Gasteiger partial charge on any atom is 0.254 e. The summed E-state index contributed by atoms with van der Waals surface area (Å²) in [5.74, 6) is 1.83. The number of aryl methyl sites for hydroxylation is 1. The minimum absolute atomic E-state index is 0.0269. The van der Waals surface area contributed by atoms with Gasteiger partial charge in [0, 0.05) is 17.7 Å². The molecule has 168 valence electrons. The summed E-state index contributed by atoms with van der Waals surface area (Å²) in [6.45, 7) is 2.90. The molecule has 0 aliphatic carbocycles. The molecular formula is C26H31N3O3. The van der Waals surface area contributed by atoms with Crippen molar-refractivity contribution in [3.8, 4) is 17.1 Å². The van der Waals surface area contributed by atoms with E-state index in [-0.39, 0.29) is 11.9 Å². The van der Waals surface area contributed by atoms with Gasteiger partial charge in [-0.3, -0.25) is 4.79 Å². The fraction of sp³-hybridized carbons (Fsp3) is 0.423. The number of ether oxygens (including phenoxy) is 1. The summed E-state index contributed by atoms with van der Waals surface area (Å²) in [6, 6.07) is 15.4. The molecule has 2 aromatic carbocycles. The van der Waals surface area contributed by atoms with Gasteiger partial charge in [0.25, 0.3) is 5.91 Å². The molecule has 32 heavy (non-hydrogen) atoms. The summed E-state index contributed by atoms with van der Waals surface area (Å²) in [4.78, 5) is 19.8. The predicted molar refractivity (Wildman–Crippen MR) is 124 cm³/mol. The predicted octanol–water partition coefficient (Wildman–Crippen LogP) is 5.85. The number of methoxy groups -OCH3 is 1. The Morgan fingerprint density at radius 2 is 1.88 bits per heavy atom. The molecule has 1 saturated heterocycles. The Morgan fingerprint density at radius 3 is 2.59 bits per heavy atom. The number of aromatic nitrogens is 2. The molecule has 1 amide bonds. The minimum Gasteiger partial charge on any atom is -0.497 e. The fourth-order valence-electron chi connectivity index (χ4n) is 4.22. The molecule has 0 bridgehead atoms. The number of unbranched alkanes of at least 4 members (excludes halogenated alkanes) is 2. The van der Waals surface area contributed by atoms with Crippen molar-refractivity contribution in [3.05, 3.63) is 65.5 Å². The summed E-state index contributed by atoms with van der Waals surface area (Å²) < 4.78 is 10.8. The molecule has 0 saturated carbocycles. The zero-order valence-electron chi connectivity index (χ0n) is 18.9. The van der Waals surface area contributed by atoms with Crippen molar-refractivity contribution in [1.29, 1.82) is 0 Å². The molecule has 4 rings (SSSR count). The van der Waals surface area contributed by atoms with Gasteiger partial charge in [0.05, 0.1) is 7.11 Å². The van der Waals surface area contributed by atoms with Gasteiger partial charge in [-0.2, -0.15) is 4.98 Å². The zero-order valence-corrected chi connectivity index (χ0v) is 18.9. The van der Waals surface area contributed by atoms with Crippen molar-refractivity contribution >= 4 is 5.91 Å². The van der Waals surface area contributed by atoms with E-state index in [1.807, 2.05) is 41.3 Å². The van der Waals surface area contributed by atoms with Crippen LogP contribution in [0.25, 0.3) is 11.4 Å². The third-order valence-corrected chi connectivity index (χ3v) is 6.11. The fourth-order valence-corrected chi connectivity index (χ4v) is 4.22. The summed E-state index contributed by atoms with van der Waals surface area (Å²) in [5, 5.41) is 4.17. The first kappa shape index (κ1) is 22.1. The van der Waals surface area contributed by atoms with Crippen LogP contribution in [-0.2, 0) is 6.42 Å². The lowest BCUT2D eigenvalue weighted by Crippen LogP contribution is -2.38. The molecule has 6 nitrogen and oxygen atoms in total. The molecule has 3 aromatic rings. The van der Waals surface area contributed by atoms with Crippen LogP contribution < -0.4 is 4.74 Å². The van der Waals surface area contributed by atoms with Crippen molar-refractivity contribution in [3.63, 3.8) is 0 Å². The van der Waals surface area contributed by atoms with Gasteiger partial charge in [0.15, 0.2) is 0 Å². The lowest BCUT2D eigenvalue weighted by molar-refractivity contribution is 0.0561. The maximum absolute atomic E-state index is 13.3. The van der Waals surface area contributed by atoms with Crippen molar-refractivity contribution in [2.24, 2.45) is 0 Å². The van der Waals surface area contributed by atoms with Crippen molar-refractivity contribution in [2.75, 3.05) is 13.7 Å². The quantitative estimate of drug-likeness (QED) is 0.417. The van der Waals surface area contributed by atoms with E-state index in [2.05, 4.69) is 29.2 Å². The average Bonchev–Trinajstić information content (AvgIpc) is 3.34. The number of rotatable bonds is 8. The van der Waals surface area contributed by atoms with Crippen LogP contribution in [0.15, 0.2) is 53.1 Å². The molecule has 1 fully saturated rings. The number of carbonyl (C=O) groups excluding carboxylic acids is 1. The Morgan fingerprint density at radius 1 is 1.09 bits per heavy atom. The Labute approximate surface area is 189 Å². The molecule has 2 heterocycles. The molecule has 0 radical (unpaired) electrons. The Bertz CT molecular complexity index is 1010. The first-order valence-electron chi connectivity index (χ1n) is 11.6. The molecule has 1 aliphatic heterocycles. The monoisotopic (exact) mass is 433 g/mol. The number of likely N-dealkylation sites (tertiary alicyclic amines) is 1. The van der Waals surface area contributed by atoms with Gasteiger partial charge in [0.1, 0.15) is 11.8 Å². The number of piperidine rings is 1. The second-order valence-electron chi connectivity index (χ2n) is 8.35. The summed E-state index contributed by atoms with van der Waals surface area (Å²) in [6.07, 6.45) is 7.53. The van der Waals surface area contributed by atoms with E-state index in [0.29, 0.717) is 23.8 Å². The Balaban J connectivity index is 1.49. The van der Waals surface area contributed by atoms with Crippen LogP contribution in [0.5, 0.6) is 5.75 Å². The Kier molecular flexibility index (Phi) is 7.20. The first-order valence-corrected chi connectivity index (χ1v) is 11.6. The molecule has 0 N–H and O–H groups in total. The maximum atomic E-state index is 13.3. The summed E-state index contributed by atoms with van der Waals surface area (Å²) in [5.41, 5.74) is 2.85. The van der Waals surface area contributed by atoms with Crippen LogP contribution in [0.1, 0.15) is 73.3 Å². The lowest BCUT2D eigenvalue weighted by atomic mass is 9.99. The molecule has 1 atom stereocenters. The van der Waals surface area contributed by atoms with Crippen molar-refractivity contribution in [2.45, 2.75) is 57.9 Å². The number of carbonyl (C=O) groups is 1. The van der Waals surface area contributed by atoms with E-state index in [1.165, 1.54) is 24.8 Å². The molecule has 0 spiro atoms. The van der Waals surface area contributed by atoms with Gasteiger partial charge in [-0.15, -0.1) is 0 Å². The smallest absolute Gasteiger partial charge is 0.254 e. The van der Waals surface area contributed by atoms with Crippen LogP contribution in [0.4, 0.5) is 0 Å². The highest BCUT2D eigenvalue weighted by Gasteiger charge is 2.32. The highest BCUT2D eigenvalue weighted by molar-refractivity contribution is 5.94. The van der Waals surface area contributed by atoms with Gasteiger partial charge >= 0.3 is 0 Å². The van der Waals surface area contributed by atoms with Crippen LogP contribution in [-0.4, -0.2) is 34.6 Å². The van der Waals surface area contributed by atoms with Gasteiger partial charge in [-0.1, -0.05) is 37.1 Å². The van der Waals surface area contributed by atoms with Crippen molar-refractivity contribution in [1.82, 2.24) is 15.0 Å². The molecule has 6 heteroatoms. The standard InChI is InChI=1S/C26H31N3O3/c1-3-4-5-8-19-10-12-21(13-11-19)26(30)29-18-7-6-9-23(29)25-27-24(28-32-25)20-14-16-22(31-2)17-15-20/h10-17,23H,3-9,18H2,1-2H3. The average molecular weight is 434 g/mol. The largest absolute Gasteiger partial charge is 0.497 e. The zero-order chi connectivity index (χ0) is 22.3. The van der Waals surface area contributed by atoms with E-state index in [1.54, 1.807) is 7.11 Å². The first-order chi connectivity index (χ1) is 15.7. The van der Waals surface area contributed by atoms with Crippen molar-refractivity contribution < 1.29 is 14.1 Å². The van der Waals surface area contributed by atoms with Crippen LogP contribution in [0.3, 0.4) is 0 Å². The Hall–Kier alpha value is -3.15. The van der Waals surface area contributed by atoms with E-state index in [0.717, 1.165) is 37.0 Å². The second kappa shape index (κ2) is 10.4. The SMILES string of the molecule is CCCCCc1ccc(C(=O)N2CCCCC2c2nc(-c3ccc(OC)cc3)no2)cc1. The topological polar surface area (TPSA) is 68.5 Å². The van der Waals surface area contributed by atoms with E-state index < -0.39 is 0 Å². The highest BCUT2D eigenvalue weighted by Crippen LogP contribution is 2.32. The summed E-state index contributed by atoms with van der Waals surface area (Å²) >= 11 is 0. The number of hydrogen-bond acceptors (Lipinski definition) is 5. The molecule has 1 aromatic heterocycles. The molecule has 1 aliphatic rings. The summed E-state index contributed by atoms with van der Waals surface area (Å²) in [7, 11) is 1.64. The van der Waals surface area contributed by atoms with E-state index >= 15 is 0 Å². The van der Waals surface area contributed by atoms with Gasteiger partial charge in [-0.05, 0) is 74.1 Å². The minimum atomic E-state index is -0.194. The second-order valence-corrected chi connectivity index (χ2v) is 8.35. The number of nitrogens with zero attached hydrogens (tertiary/aromatic N) is 3. The number of hydrogen-bond donors (Lipinski definition) is 0. The van der Waals surface area contributed by atoms with E-state index in [9.17, 15) is 4.79 Å². The normalized spacial score (nSPS) is 16.2. The van der Waals surface area contributed by atoms with Gasteiger partial charge in [-0.25, -0.2) is 0 Å². The van der Waals surface area contributed by atoms with E-state index in [4.69, 9.17) is 9.26 Å².